The molecule has 1 aromatic rings. The normalized spacial score (nSPS) is 25.5. The second-order valence-corrected chi connectivity index (χ2v) is 9.55. The van der Waals surface area contributed by atoms with E-state index in [2.05, 4.69) is 43.4 Å². The third kappa shape index (κ3) is 3.29. The van der Waals surface area contributed by atoms with E-state index < -0.39 is 0 Å². The summed E-state index contributed by atoms with van der Waals surface area (Å²) >= 11 is 0. The highest BCUT2D eigenvalue weighted by Gasteiger charge is 2.45. The Bertz CT molecular complexity index is 767. The fourth-order valence-electron chi connectivity index (χ4n) is 5.80. The maximum Gasteiger partial charge on any atom is 0.318 e. The lowest BCUT2D eigenvalue weighted by Crippen LogP contribution is -2.66. The van der Waals surface area contributed by atoms with Gasteiger partial charge in [-0.3, -0.25) is 4.79 Å². The summed E-state index contributed by atoms with van der Waals surface area (Å²) in [6, 6.07) is 8.55. The van der Waals surface area contributed by atoms with Crippen LogP contribution in [0.4, 0.5) is 4.79 Å². The van der Waals surface area contributed by atoms with E-state index in [1.807, 2.05) is 9.80 Å². The summed E-state index contributed by atoms with van der Waals surface area (Å²) in [4.78, 5) is 29.4. The second-order valence-electron chi connectivity index (χ2n) is 9.55. The van der Waals surface area contributed by atoms with Crippen molar-refractivity contribution < 1.29 is 9.59 Å². The van der Waals surface area contributed by atoms with Gasteiger partial charge in [-0.25, -0.2) is 4.79 Å². The molecule has 2 aliphatic carbocycles. The molecule has 1 atom stereocenters. The second kappa shape index (κ2) is 7.09. The number of hydrogen-bond donors (Lipinski definition) is 1. The van der Waals surface area contributed by atoms with Gasteiger partial charge < -0.3 is 15.1 Å². The van der Waals surface area contributed by atoms with Gasteiger partial charge in [0.05, 0.1) is 11.6 Å². The van der Waals surface area contributed by atoms with Crippen molar-refractivity contribution in [2.75, 3.05) is 19.6 Å². The number of carbonyl (C=O) groups is 2. The van der Waals surface area contributed by atoms with Crippen molar-refractivity contribution in [3.8, 4) is 0 Å². The van der Waals surface area contributed by atoms with Crippen LogP contribution in [0, 0.1) is 0 Å². The van der Waals surface area contributed by atoms with Gasteiger partial charge in [-0.15, -0.1) is 0 Å². The zero-order valence-corrected chi connectivity index (χ0v) is 17.5. The third-order valence-corrected chi connectivity index (χ3v) is 7.18. The maximum atomic E-state index is 13.2. The molecule has 0 radical (unpaired) electrons. The van der Waals surface area contributed by atoms with Gasteiger partial charge in [0.2, 0.25) is 5.91 Å². The minimum atomic E-state index is -0.160. The van der Waals surface area contributed by atoms with Crippen LogP contribution < -0.4 is 5.32 Å². The molecule has 5 nitrogen and oxygen atoms in total. The standard InChI is InChI=1S/C23H33N3O2/c1-17(27)26-14-13-25(16-23(26)11-7-4-8-12-23)21(28)24-20-15-22(2,3)19-10-6-5-9-18(19)20/h5-6,9-10,20H,4,7-8,11-16H2,1-3H3,(H,24,28). The molecule has 1 aromatic carbocycles. The lowest BCUT2D eigenvalue weighted by Gasteiger charge is -2.52. The lowest BCUT2D eigenvalue weighted by molar-refractivity contribution is -0.141. The molecule has 5 heteroatoms. The van der Waals surface area contributed by atoms with Crippen LogP contribution in [0.5, 0.6) is 0 Å². The highest BCUT2D eigenvalue weighted by atomic mass is 16.2. The molecule has 1 heterocycles. The van der Waals surface area contributed by atoms with Crippen LogP contribution in [0.1, 0.15) is 76.5 Å². The summed E-state index contributed by atoms with van der Waals surface area (Å²) < 4.78 is 0. The van der Waals surface area contributed by atoms with E-state index in [0.717, 1.165) is 32.1 Å². The average Bonchev–Trinajstić information content (AvgIpc) is 2.92. The number of carbonyl (C=O) groups excluding carboxylic acids is 2. The van der Waals surface area contributed by atoms with Crippen molar-refractivity contribution in [3.63, 3.8) is 0 Å². The monoisotopic (exact) mass is 383 g/mol. The Kier molecular flexibility index (Phi) is 4.88. The predicted octanol–water partition coefficient (Wildman–Crippen LogP) is 3.99. The molecule has 1 aliphatic heterocycles. The van der Waals surface area contributed by atoms with Crippen molar-refractivity contribution >= 4 is 11.9 Å². The zero-order valence-electron chi connectivity index (χ0n) is 17.5. The van der Waals surface area contributed by atoms with Crippen LogP contribution in [0.3, 0.4) is 0 Å². The van der Waals surface area contributed by atoms with Gasteiger partial charge in [-0.2, -0.15) is 0 Å². The summed E-state index contributed by atoms with van der Waals surface area (Å²) in [5.74, 6) is 0.147. The minimum Gasteiger partial charge on any atom is -0.334 e. The molecular formula is C23H33N3O2. The largest absolute Gasteiger partial charge is 0.334 e. The molecule has 2 fully saturated rings. The number of piperazine rings is 1. The van der Waals surface area contributed by atoms with Gasteiger partial charge in [0.25, 0.3) is 0 Å². The van der Waals surface area contributed by atoms with Crippen molar-refractivity contribution in [2.45, 2.75) is 76.3 Å². The molecule has 1 unspecified atom stereocenters. The van der Waals surface area contributed by atoms with Crippen LogP contribution in [0.25, 0.3) is 0 Å². The van der Waals surface area contributed by atoms with Crippen molar-refractivity contribution in [2.24, 2.45) is 0 Å². The van der Waals surface area contributed by atoms with Crippen molar-refractivity contribution in [3.05, 3.63) is 35.4 Å². The molecule has 1 saturated heterocycles. The Morgan fingerprint density at radius 3 is 2.50 bits per heavy atom. The Morgan fingerprint density at radius 2 is 1.79 bits per heavy atom. The molecule has 3 amide bonds. The molecular weight excluding hydrogens is 350 g/mol. The molecule has 28 heavy (non-hydrogen) atoms. The summed E-state index contributed by atoms with van der Waals surface area (Å²) in [6.07, 6.45) is 6.46. The van der Waals surface area contributed by atoms with E-state index in [1.54, 1.807) is 6.92 Å². The number of fused-ring (bicyclic) bond motifs is 1. The first-order chi connectivity index (χ1) is 13.3. The number of urea groups is 1. The van der Waals surface area contributed by atoms with Gasteiger partial charge in [-0.1, -0.05) is 57.4 Å². The number of benzene rings is 1. The first-order valence-corrected chi connectivity index (χ1v) is 10.8. The van der Waals surface area contributed by atoms with Crippen LogP contribution in [0.2, 0.25) is 0 Å². The van der Waals surface area contributed by atoms with E-state index in [-0.39, 0.29) is 28.9 Å². The molecule has 3 aliphatic rings. The highest BCUT2D eigenvalue weighted by Crippen LogP contribution is 2.44. The summed E-state index contributed by atoms with van der Waals surface area (Å²) in [6.45, 7) is 8.10. The Morgan fingerprint density at radius 1 is 1.07 bits per heavy atom. The molecule has 152 valence electrons. The van der Waals surface area contributed by atoms with E-state index in [1.165, 1.54) is 17.5 Å². The van der Waals surface area contributed by atoms with Crippen molar-refractivity contribution in [1.29, 1.82) is 0 Å². The Labute approximate surface area is 168 Å². The maximum absolute atomic E-state index is 13.2. The summed E-state index contributed by atoms with van der Waals surface area (Å²) in [7, 11) is 0. The first-order valence-electron chi connectivity index (χ1n) is 10.8. The summed E-state index contributed by atoms with van der Waals surface area (Å²) in [5, 5.41) is 3.31. The van der Waals surface area contributed by atoms with Crippen LogP contribution >= 0.6 is 0 Å². The van der Waals surface area contributed by atoms with Gasteiger partial charge in [0, 0.05) is 26.6 Å². The van der Waals surface area contributed by atoms with Gasteiger partial charge >= 0.3 is 6.03 Å². The molecule has 4 rings (SSSR count). The van der Waals surface area contributed by atoms with Gasteiger partial charge in [0.1, 0.15) is 0 Å². The Hall–Kier alpha value is -2.04. The zero-order chi connectivity index (χ0) is 19.9. The topological polar surface area (TPSA) is 52.7 Å². The van der Waals surface area contributed by atoms with Gasteiger partial charge in [0.15, 0.2) is 0 Å². The molecule has 1 N–H and O–H groups in total. The first kappa shape index (κ1) is 19.3. The van der Waals surface area contributed by atoms with E-state index in [9.17, 15) is 9.59 Å². The number of nitrogens with one attached hydrogen (secondary N) is 1. The number of amides is 3. The number of nitrogens with zero attached hydrogens (tertiary/aromatic N) is 2. The summed E-state index contributed by atoms with van der Waals surface area (Å²) in [5.41, 5.74) is 2.50. The molecule has 1 saturated carbocycles. The third-order valence-electron chi connectivity index (χ3n) is 7.18. The highest BCUT2D eigenvalue weighted by molar-refractivity contribution is 5.77. The van der Waals surface area contributed by atoms with E-state index >= 15 is 0 Å². The fourth-order valence-corrected chi connectivity index (χ4v) is 5.80. The quantitative estimate of drug-likeness (QED) is 0.797. The van der Waals surface area contributed by atoms with Gasteiger partial charge in [-0.05, 0) is 35.8 Å². The molecule has 0 aromatic heterocycles. The number of hydrogen-bond acceptors (Lipinski definition) is 2. The predicted molar refractivity (Wildman–Crippen MR) is 110 cm³/mol. The molecule has 1 spiro atoms. The smallest absolute Gasteiger partial charge is 0.318 e. The average molecular weight is 384 g/mol. The van der Waals surface area contributed by atoms with E-state index in [4.69, 9.17) is 0 Å². The molecule has 0 bridgehead atoms. The lowest BCUT2D eigenvalue weighted by atomic mass is 9.78. The number of rotatable bonds is 1. The minimum absolute atomic E-state index is 0.0191. The SMILES string of the molecule is CC(=O)N1CCN(C(=O)NC2CC(C)(C)c3ccccc32)CC12CCCCC2. The van der Waals surface area contributed by atoms with E-state index in [0.29, 0.717) is 19.6 Å². The van der Waals surface area contributed by atoms with Crippen LogP contribution in [0.15, 0.2) is 24.3 Å². The van der Waals surface area contributed by atoms with Crippen LogP contribution in [-0.4, -0.2) is 46.9 Å². The van der Waals surface area contributed by atoms with Crippen LogP contribution in [-0.2, 0) is 10.2 Å². The fraction of sp³-hybridized carbons (Fsp3) is 0.652. The van der Waals surface area contributed by atoms with Crippen molar-refractivity contribution in [1.82, 2.24) is 15.1 Å². The Balaban J connectivity index is 1.49.